The van der Waals surface area contributed by atoms with Crippen LogP contribution in [0.1, 0.15) is 20.3 Å². The maximum atomic E-state index is 12.4. The molecule has 0 aliphatic carbocycles. The number of nitrogens with zero attached hydrogens (tertiary/aromatic N) is 2. The third-order valence-electron chi connectivity index (χ3n) is 4.20. The molecule has 0 bridgehead atoms. The highest BCUT2D eigenvalue weighted by molar-refractivity contribution is 7.91. The van der Waals surface area contributed by atoms with E-state index in [0.717, 1.165) is 0 Å². The minimum absolute atomic E-state index is 0.0256. The fraction of sp³-hybridized carbons (Fsp3) is 0.471. The van der Waals surface area contributed by atoms with Crippen LogP contribution in [0.25, 0.3) is 0 Å². The molecule has 1 aliphatic heterocycles. The number of carbonyl (C=O) groups is 3. The molecule has 9 heteroatoms. The van der Waals surface area contributed by atoms with Crippen molar-refractivity contribution in [2.75, 3.05) is 37.2 Å². The molecule has 0 aromatic heterocycles. The average molecular weight is 381 g/mol. The van der Waals surface area contributed by atoms with Crippen molar-refractivity contribution in [1.82, 2.24) is 9.80 Å². The average Bonchev–Trinajstić information content (AvgIpc) is 2.60. The van der Waals surface area contributed by atoms with E-state index in [1.807, 2.05) is 0 Å². The highest BCUT2D eigenvalue weighted by atomic mass is 32.2. The Balaban J connectivity index is 1.90. The van der Waals surface area contributed by atoms with E-state index in [4.69, 9.17) is 0 Å². The lowest BCUT2D eigenvalue weighted by Gasteiger charge is -2.34. The SMILES string of the molecule is CC(=O)Nc1ccc(S(=O)(=O)CCC(=O)N2CCN(C(C)=O)CC2)cc1. The van der Waals surface area contributed by atoms with Gasteiger partial charge in [0.1, 0.15) is 0 Å². The van der Waals surface area contributed by atoms with E-state index in [9.17, 15) is 22.8 Å². The third kappa shape index (κ3) is 5.29. The molecule has 1 aromatic rings. The number of rotatable bonds is 5. The summed E-state index contributed by atoms with van der Waals surface area (Å²) in [5, 5.41) is 2.57. The molecule has 0 unspecified atom stereocenters. The Morgan fingerprint density at radius 2 is 1.50 bits per heavy atom. The summed E-state index contributed by atoms with van der Waals surface area (Å²) in [5.41, 5.74) is 0.510. The monoisotopic (exact) mass is 381 g/mol. The lowest BCUT2D eigenvalue weighted by molar-refractivity contribution is -0.138. The van der Waals surface area contributed by atoms with Gasteiger partial charge in [-0.1, -0.05) is 0 Å². The molecule has 26 heavy (non-hydrogen) atoms. The number of anilines is 1. The minimum atomic E-state index is -3.59. The van der Waals surface area contributed by atoms with Gasteiger partial charge in [-0.15, -0.1) is 0 Å². The van der Waals surface area contributed by atoms with Crippen molar-refractivity contribution in [2.24, 2.45) is 0 Å². The topological polar surface area (TPSA) is 104 Å². The van der Waals surface area contributed by atoms with Gasteiger partial charge in [-0.25, -0.2) is 8.42 Å². The summed E-state index contributed by atoms with van der Waals surface area (Å²) < 4.78 is 24.8. The normalized spacial score (nSPS) is 14.8. The molecule has 1 N–H and O–H groups in total. The maximum absolute atomic E-state index is 12.4. The number of benzene rings is 1. The third-order valence-corrected chi connectivity index (χ3v) is 5.93. The fourth-order valence-corrected chi connectivity index (χ4v) is 3.95. The van der Waals surface area contributed by atoms with Crippen molar-refractivity contribution >= 4 is 33.2 Å². The zero-order valence-electron chi connectivity index (χ0n) is 14.9. The first kappa shape index (κ1) is 19.9. The van der Waals surface area contributed by atoms with Gasteiger partial charge in [-0.05, 0) is 24.3 Å². The number of nitrogens with one attached hydrogen (secondary N) is 1. The predicted molar refractivity (Wildman–Crippen MR) is 96.2 cm³/mol. The van der Waals surface area contributed by atoms with Crippen LogP contribution in [0.5, 0.6) is 0 Å². The summed E-state index contributed by atoms with van der Waals surface area (Å²) in [6, 6.07) is 5.85. The second-order valence-corrected chi connectivity index (χ2v) is 8.27. The van der Waals surface area contributed by atoms with Crippen molar-refractivity contribution in [2.45, 2.75) is 25.2 Å². The molecule has 1 fully saturated rings. The summed E-state index contributed by atoms with van der Waals surface area (Å²) >= 11 is 0. The molecule has 3 amide bonds. The van der Waals surface area contributed by atoms with Crippen LogP contribution in [-0.4, -0.2) is 67.9 Å². The molecule has 0 saturated carbocycles. The van der Waals surface area contributed by atoms with Crippen LogP contribution in [-0.2, 0) is 24.2 Å². The first-order valence-corrected chi connectivity index (χ1v) is 9.98. The summed E-state index contributed by atoms with van der Waals surface area (Å²) in [5.74, 6) is -0.775. The highest BCUT2D eigenvalue weighted by Gasteiger charge is 2.24. The van der Waals surface area contributed by atoms with Crippen LogP contribution < -0.4 is 5.32 Å². The number of carbonyl (C=O) groups excluding carboxylic acids is 3. The van der Waals surface area contributed by atoms with Crippen LogP contribution in [0.4, 0.5) is 5.69 Å². The van der Waals surface area contributed by atoms with Crippen LogP contribution >= 0.6 is 0 Å². The highest BCUT2D eigenvalue weighted by Crippen LogP contribution is 2.17. The van der Waals surface area contributed by atoms with Crippen LogP contribution in [0.3, 0.4) is 0 Å². The predicted octanol–water partition coefficient (Wildman–Crippen LogP) is 0.500. The second kappa shape index (κ2) is 8.31. The van der Waals surface area contributed by atoms with Gasteiger partial charge in [0.05, 0.1) is 10.6 Å². The smallest absolute Gasteiger partial charge is 0.223 e. The Labute approximate surface area is 153 Å². The summed E-state index contributed by atoms with van der Waals surface area (Å²) in [7, 11) is -3.59. The Bertz CT molecular complexity index is 781. The first-order valence-electron chi connectivity index (χ1n) is 8.33. The largest absolute Gasteiger partial charge is 0.339 e. The summed E-state index contributed by atoms with van der Waals surface area (Å²) in [6.45, 7) is 4.64. The van der Waals surface area contributed by atoms with Gasteiger partial charge in [-0.3, -0.25) is 14.4 Å². The quantitative estimate of drug-likeness (QED) is 0.800. The molecule has 1 aromatic carbocycles. The molecular formula is C17H23N3O5S. The Hall–Kier alpha value is -2.42. The van der Waals surface area contributed by atoms with Gasteiger partial charge in [0.25, 0.3) is 0 Å². The Morgan fingerprint density at radius 1 is 0.962 bits per heavy atom. The Kier molecular flexibility index (Phi) is 6.36. The van der Waals surface area contributed by atoms with Crippen LogP contribution in [0, 0.1) is 0 Å². The number of sulfone groups is 1. The fourth-order valence-electron chi connectivity index (χ4n) is 2.72. The number of hydrogen-bond acceptors (Lipinski definition) is 5. The summed E-state index contributed by atoms with van der Waals surface area (Å²) in [4.78, 5) is 37.9. The molecule has 2 rings (SSSR count). The molecular weight excluding hydrogens is 358 g/mol. The van der Waals surface area contributed by atoms with Crippen molar-refractivity contribution in [3.8, 4) is 0 Å². The van der Waals surface area contributed by atoms with E-state index < -0.39 is 9.84 Å². The molecule has 0 radical (unpaired) electrons. The van der Waals surface area contributed by atoms with E-state index in [2.05, 4.69) is 5.32 Å². The molecule has 0 spiro atoms. The zero-order chi connectivity index (χ0) is 19.3. The molecule has 1 aliphatic rings. The Morgan fingerprint density at radius 3 is 2.00 bits per heavy atom. The standard InChI is InChI=1S/C17H23N3O5S/c1-13(21)18-15-3-5-16(6-4-15)26(24,25)12-7-17(23)20-10-8-19(9-11-20)14(2)22/h3-6H,7-12H2,1-2H3,(H,18,21). The van der Waals surface area contributed by atoms with Crippen molar-refractivity contribution in [3.05, 3.63) is 24.3 Å². The molecule has 0 atom stereocenters. The zero-order valence-corrected chi connectivity index (χ0v) is 15.7. The van der Waals surface area contributed by atoms with E-state index in [1.165, 1.54) is 38.1 Å². The number of piperazine rings is 1. The van der Waals surface area contributed by atoms with Gasteiger partial charge >= 0.3 is 0 Å². The van der Waals surface area contributed by atoms with Gasteiger partial charge < -0.3 is 15.1 Å². The van der Waals surface area contributed by atoms with E-state index in [1.54, 1.807) is 9.80 Å². The van der Waals surface area contributed by atoms with E-state index in [-0.39, 0.29) is 34.8 Å². The van der Waals surface area contributed by atoms with E-state index in [0.29, 0.717) is 31.9 Å². The summed E-state index contributed by atoms with van der Waals surface area (Å²) in [6.07, 6.45) is -0.101. The maximum Gasteiger partial charge on any atom is 0.223 e. The van der Waals surface area contributed by atoms with E-state index >= 15 is 0 Å². The number of amides is 3. The molecule has 142 valence electrons. The molecule has 1 saturated heterocycles. The van der Waals surface area contributed by atoms with Crippen LogP contribution in [0.2, 0.25) is 0 Å². The first-order chi connectivity index (χ1) is 12.2. The van der Waals surface area contributed by atoms with Gasteiger partial charge in [0, 0.05) is 52.1 Å². The lowest BCUT2D eigenvalue weighted by atomic mass is 10.3. The van der Waals surface area contributed by atoms with Crippen molar-refractivity contribution < 1.29 is 22.8 Å². The van der Waals surface area contributed by atoms with Gasteiger partial charge in [-0.2, -0.15) is 0 Å². The van der Waals surface area contributed by atoms with Crippen molar-refractivity contribution in [3.63, 3.8) is 0 Å². The van der Waals surface area contributed by atoms with Crippen LogP contribution in [0.15, 0.2) is 29.2 Å². The lowest BCUT2D eigenvalue weighted by Crippen LogP contribution is -2.50. The number of hydrogen-bond donors (Lipinski definition) is 1. The van der Waals surface area contributed by atoms with Gasteiger partial charge in [0.2, 0.25) is 17.7 Å². The minimum Gasteiger partial charge on any atom is -0.339 e. The van der Waals surface area contributed by atoms with Crippen molar-refractivity contribution in [1.29, 1.82) is 0 Å². The molecule has 8 nitrogen and oxygen atoms in total. The van der Waals surface area contributed by atoms with Gasteiger partial charge in [0.15, 0.2) is 9.84 Å². The molecule has 1 heterocycles. The second-order valence-electron chi connectivity index (χ2n) is 6.16.